The van der Waals surface area contributed by atoms with E-state index in [2.05, 4.69) is 17.3 Å². The molecule has 1 rings (SSSR count). The fourth-order valence-corrected chi connectivity index (χ4v) is 1.88. The Bertz CT molecular complexity index is 243. The zero-order chi connectivity index (χ0) is 12.2. The molecule has 3 N–H and O–H groups in total. The Morgan fingerprint density at radius 1 is 1.62 bits per heavy atom. The van der Waals surface area contributed by atoms with Gasteiger partial charge in [-0.25, -0.2) is 0 Å². The summed E-state index contributed by atoms with van der Waals surface area (Å²) in [7, 11) is 2.09. The van der Waals surface area contributed by atoms with Crippen molar-refractivity contribution in [3.63, 3.8) is 0 Å². The van der Waals surface area contributed by atoms with Gasteiger partial charge in [-0.3, -0.25) is 4.79 Å². The van der Waals surface area contributed by atoms with E-state index in [4.69, 9.17) is 10.5 Å². The Balaban J connectivity index is 2.29. The van der Waals surface area contributed by atoms with Crippen molar-refractivity contribution in [3.8, 4) is 0 Å². The van der Waals surface area contributed by atoms with E-state index >= 15 is 0 Å². The normalized spacial score (nSPS) is 23.3. The minimum absolute atomic E-state index is 0.200. The first-order chi connectivity index (χ1) is 7.39. The van der Waals surface area contributed by atoms with Crippen LogP contribution in [0, 0.1) is 0 Å². The van der Waals surface area contributed by atoms with Gasteiger partial charge in [0.15, 0.2) is 0 Å². The van der Waals surface area contributed by atoms with Gasteiger partial charge < -0.3 is 20.7 Å². The van der Waals surface area contributed by atoms with Gasteiger partial charge in [-0.2, -0.15) is 0 Å². The number of hydrogen-bond donors (Lipinski definition) is 2. The number of amides is 1. The molecular formula is C11H23N3O2. The molecule has 0 bridgehead atoms. The first-order valence-corrected chi connectivity index (χ1v) is 5.72. The van der Waals surface area contributed by atoms with E-state index in [-0.39, 0.29) is 17.6 Å². The molecule has 1 aliphatic heterocycles. The largest absolute Gasteiger partial charge is 0.374 e. The Hall–Kier alpha value is -0.650. The van der Waals surface area contributed by atoms with Crippen LogP contribution in [0.2, 0.25) is 0 Å². The molecule has 94 valence electrons. The van der Waals surface area contributed by atoms with E-state index < -0.39 is 0 Å². The van der Waals surface area contributed by atoms with Crippen LogP contribution < -0.4 is 11.1 Å². The molecule has 1 saturated heterocycles. The number of carbonyl (C=O) groups is 1. The number of primary amides is 1. The number of nitrogens with zero attached hydrogens (tertiary/aromatic N) is 1. The first kappa shape index (κ1) is 13.4. The highest BCUT2D eigenvalue weighted by molar-refractivity contribution is 5.74. The van der Waals surface area contributed by atoms with Crippen LogP contribution in [-0.2, 0) is 9.53 Å². The van der Waals surface area contributed by atoms with E-state index in [9.17, 15) is 4.79 Å². The molecule has 1 fully saturated rings. The third-order valence-electron chi connectivity index (χ3n) is 2.77. The minimum atomic E-state index is -0.279. The molecule has 1 amide bonds. The molecule has 0 aromatic rings. The second-order valence-electron chi connectivity index (χ2n) is 5.16. The van der Waals surface area contributed by atoms with Crippen LogP contribution in [0.25, 0.3) is 0 Å². The lowest BCUT2D eigenvalue weighted by atomic mass is 10.00. The smallest absolute Gasteiger partial charge is 0.219 e. The zero-order valence-corrected chi connectivity index (χ0v) is 10.5. The first-order valence-electron chi connectivity index (χ1n) is 5.72. The maximum atomic E-state index is 10.9. The van der Waals surface area contributed by atoms with E-state index in [1.54, 1.807) is 0 Å². The van der Waals surface area contributed by atoms with Gasteiger partial charge in [-0.05, 0) is 20.9 Å². The number of carbonyl (C=O) groups excluding carboxylic acids is 1. The summed E-state index contributed by atoms with van der Waals surface area (Å²) in [6, 6.07) is 0. The van der Waals surface area contributed by atoms with Crippen molar-refractivity contribution in [3.05, 3.63) is 0 Å². The van der Waals surface area contributed by atoms with Crippen LogP contribution >= 0.6 is 0 Å². The third-order valence-corrected chi connectivity index (χ3v) is 2.77. The standard InChI is InChI=1S/C11H23N3O2/c1-11(2,6-10(12)15)13-7-9-8-14(3)4-5-16-9/h9,13H,4-8H2,1-3H3,(H2,12,15). The summed E-state index contributed by atoms with van der Waals surface area (Å²) in [5.41, 5.74) is 4.93. The highest BCUT2D eigenvalue weighted by atomic mass is 16.5. The summed E-state index contributed by atoms with van der Waals surface area (Å²) in [5, 5.41) is 3.33. The molecule has 0 radical (unpaired) electrons. The predicted molar refractivity (Wildman–Crippen MR) is 63.1 cm³/mol. The van der Waals surface area contributed by atoms with Gasteiger partial charge in [0.25, 0.3) is 0 Å². The summed E-state index contributed by atoms with van der Waals surface area (Å²) >= 11 is 0. The van der Waals surface area contributed by atoms with Crippen LogP contribution in [0.15, 0.2) is 0 Å². The van der Waals surface area contributed by atoms with Crippen molar-refractivity contribution in [1.82, 2.24) is 10.2 Å². The molecule has 0 aromatic carbocycles. The van der Waals surface area contributed by atoms with E-state index in [1.807, 2.05) is 13.8 Å². The molecule has 1 unspecified atom stereocenters. The molecule has 0 aromatic heterocycles. The van der Waals surface area contributed by atoms with Crippen LogP contribution in [0.5, 0.6) is 0 Å². The van der Waals surface area contributed by atoms with Gasteiger partial charge in [0.2, 0.25) is 5.91 Å². The number of likely N-dealkylation sites (N-methyl/N-ethyl adjacent to an activating group) is 1. The van der Waals surface area contributed by atoms with E-state index in [0.29, 0.717) is 6.42 Å². The van der Waals surface area contributed by atoms with Crippen molar-refractivity contribution < 1.29 is 9.53 Å². The number of nitrogens with one attached hydrogen (secondary N) is 1. The molecule has 5 heteroatoms. The molecule has 5 nitrogen and oxygen atoms in total. The van der Waals surface area contributed by atoms with Crippen LogP contribution in [0.4, 0.5) is 0 Å². The van der Waals surface area contributed by atoms with Gasteiger partial charge in [0.1, 0.15) is 0 Å². The van der Waals surface area contributed by atoms with Gasteiger partial charge in [-0.1, -0.05) is 0 Å². The summed E-state index contributed by atoms with van der Waals surface area (Å²) in [5.74, 6) is -0.279. The average Bonchev–Trinajstić information content (AvgIpc) is 2.13. The lowest BCUT2D eigenvalue weighted by Crippen LogP contribution is -2.50. The Labute approximate surface area is 97.3 Å². The van der Waals surface area contributed by atoms with Crippen LogP contribution in [-0.4, -0.2) is 55.7 Å². The summed E-state index contributed by atoms with van der Waals surface area (Å²) < 4.78 is 5.63. The monoisotopic (exact) mass is 229 g/mol. The molecule has 1 atom stereocenters. The molecule has 16 heavy (non-hydrogen) atoms. The van der Waals surface area contributed by atoms with Gasteiger partial charge in [0, 0.05) is 31.6 Å². The second kappa shape index (κ2) is 5.61. The fourth-order valence-electron chi connectivity index (χ4n) is 1.88. The predicted octanol–water partition coefficient (Wildman–Crippen LogP) is -0.439. The third kappa shape index (κ3) is 4.92. The van der Waals surface area contributed by atoms with Crippen molar-refractivity contribution in [2.75, 3.05) is 33.3 Å². The lowest BCUT2D eigenvalue weighted by Gasteiger charge is -2.33. The van der Waals surface area contributed by atoms with Gasteiger partial charge >= 0.3 is 0 Å². The molecule has 1 aliphatic rings. The molecular weight excluding hydrogens is 206 g/mol. The minimum Gasteiger partial charge on any atom is -0.374 e. The topological polar surface area (TPSA) is 67.6 Å². The molecule has 1 heterocycles. The van der Waals surface area contributed by atoms with E-state index in [0.717, 1.165) is 26.2 Å². The van der Waals surface area contributed by atoms with Crippen molar-refractivity contribution in [2.24, 2.45) is 5.73 Å². The number of nitrogens with two attached hydrogens (primary N) is 1. The van der Waals surface area contributed by atoms with Crippen molar-refractivity contribution >= 4 is 5.91 Å². The Morgan fingerprint density at radius 2 is 2.31 bits per heavy atom. The second-order valence-corrected chi connectivity index (χ2v) is 5.16. The van der Waals surface area contributed by atoms with Crippen LogP contribution in [0.3, 0.4) is 0 Å². The van der Waals surface area contributed by atoms with Crippen molar-refractivity contribution in [1.29, 1.82) is 0 Å². The van der Waals surface area contributed by atoms with Gasteiger partial charge in [-0.15, -0.1) is 0 Å². The van der Waals surface area contributed by atoms with E-state index in [1.165, 1.54) is 0 Å². The summed E-state index contributed by atoms with van der Waals surface area (Å²) in [6.07, 6.45) is 0.543. The number of morpholine rings is 1. The fraction of sp³-hybridized carbons (Fsp3) is 0.909. The van der Waals surface area contributed by atoms with Crippen molar-refractivity contribution in [2.45, 2.75) is 31.9 Å². The average molecular weight is 229 g/mol. The number of hydrogen-bond acceptors (Lipinski definition) is 4. The van der Waals surface area contributed by atoms with Gasteiger partial charge in [0.05, 0.1) is 12.7 Å². The summed E-state index contributed by atoms with van der Waals surface area (Å²) in [6.45, 7) is 7.40. The summed E-state index contributed by atoms with van der Waals surface area (Å²) in [4.78, 5) is 13.1. The lowest BCUT2D eigenvalue weighted by molar-refractivity contribution is -0.119. The quantitative estimate of drug-likeness (QED) is 0.671. The molecule has 0 saturated carbocycles. The number of ether oxygens (including phenoxy) is 1. The maximum absolute atomic E-state index is 10.9. The SMILES string of the molecule is CN1CCOC(CNC(C)(C)CC(N)=O)C1. The highest BCUT2D eigenvalue weighted by Crippen LogP contribution is 2.09. The number of rotatable bonds is 5. The van der Waals surface area contributed by atoms with Crippen LogP contribution in [0.1, 0.15) is 20.3 Å². The molecule has 0 spiro atoms. The highest BCUT2D eigenvalue weighted by Gasteiger charge is 2.23. The Morgan fingerprint density at radius 3 is 2.88 bits per heavy atom. The zero-order valence-electron chi connectivity index (χ0n) is 10.5. The maximum Gasteiger partial charge on any atom is 0.219 e. The molecule has 0 aliphatic carbocycles. The Kier molecular flexibility index (Phi) is 4.70.